The molecule has 0 amide bonds. The average molecular weight is 282 g/mol. The number of aromatic nitrogens is 1. The number of nitro groups is 1. The molecule has 1 heterocycles. The van der Waals surface area contributed by atoms with Gasteiger partial charge in [0.05, 0.1) is 4.92 Å². The molecule has 0 radical (unpaired) electrons. The van der Waals surface area contributed by atoms with Crippen LogP contribution in [0.3, 0.4) is 0 Å². The first-order valence-electron chi connectivity index (χ1n) is 6.46. The van der Waals surface area contributed by atoms with E-state index in [1.54, 1.807) is 6.07 Å². The van der Waals surface area contributed by atoms with Gasteiger partial charge in [0.25, 0.3) is 0 Å². The lowest BCUT2D eigenvalue weighted by Gasteiger charge is -2.14. The second kappa shape index (κ2) is 6.48. The number of rotatable bonds is 5. The Hall–Kier alpha value is -2.94. The number of nitrogens with one attached hydrogen (secondary N) is 1. The SMILES string of the molecule is CC(Cc1ccccc1)Nc1ccc([N+](=O)[O-])c(C#N)n1. The molecule has 2 rings (SSSR count). The van der Waals surface area contributed by atoms with Crippen LogP contribution in [-0.2, 0) is 6.42 Å². The number of pyridine rings is 1. The van der Waals surface area contributed by atoms with Crippen LogP contribution >= 0.6 is 0 Å². The minimum atomic E-state index is -0.608. The highest BCUT2D eigenvalue weighted by atomic mass is 16.6. The maximum Gasteiger partial charge on any atom is 0.305 e. The molecule has 0 saturated heterocycles. The van der Waals surface area contributed by atoms with E-state index in [0.29, 0.717) is 5.82 Å². The Morgan fingerprint density at radius 2 is 2.05 bits per heavy atom. The summed E-state index contributed by atoms with van der Waals surface area (Å²) in [7, 11) is 0. The standard InChI is InChI=1S/C15H14N4O2/c1-11(9-12-5-3-2-4-6-12)17-15-8-7-14(19(20)21)13(10-16)18-15/h2-8,11H,9H2,1H3,(H,17,18). The van der Waals surface area contributed by atoms with E-state index in [0.717, 1.165) is 6.42 Å². The molecule has 0 spiro atoms. The van der Waals surface area contributed by atoms with Gasteiger partial charge >= 0.3 is 5.69 Å². The van der Waals surface area contributed by atoms with Gasteiger partial charge in [0, 0.05) is 12.1 Å². The first-order chi connectivity index (χ1) is 10.1. The second-order valence-electron chi connectivity index (χ2n) is 4.67. The Bertz CT molecular complexity index is 680. The maximum absolute atomic E-state index is 10.7. The van der Waals surface area contributed by atoms with Gasteiger partial charge in [-0.3, -0.25) is 10.1 Å². The minimum Gasteiger partial charge on any atom is -0.367 e. The van der Waals surface area contributed by atoms with Crippen molar-refractivity contribution in [2.45, 2.75) is 19.4 Å². The Labute approximate surface area is 122 Å². The summed E-state index contributed by atoms with van der Waals surface area (Å²) in [6, 6.07) is 14.6. The summed E-state index contributed by atoms with van der Waals surface area (Å²) in [4.78, 5) is 14.1. The highest BCUT2D eigenvalue weighted by molar-refractivity contribution is 5.50. The Kier molecular flexibility index (Phi) is 4.46. The van der Waals surface area contributed by atoms with Crippen molar-refractivity contribution in [1.29, 1.82) is 5.26 Å². The zero-order chi connectivity index (χ0) is 15.2. The number of hydrogen-bond donors (Lipinski definition) is 1. The first-order valence-corrected chi connectivity index (χ1v) is 6.46. The molecule has 0 aliphatic rings. The summed E-state index contributed by atoms with van der Waals surface area (Å²) < 4.78 is 0. The third-order valence-corrected chi connectivity index (χ3v) is 2.96. The van der Waals surface area contributed by atoms with E-state index in [4.69, 9.17) is 5.26 Å². The lowest BCUT2D eigenvalue weighted by molar-refractivity contribution is -0.385. The number of nitrogens with zero attached hydrogens (tertiary/aromatic N) is 3. The van der Waals surface area contributed by atoms with Crippen molar-refractivity contribution < 1.29 is 4.92 Å². The van der Waals surface area contributed by atoms with Crippen LogP contribution in [0.1, 0.15) is 18.2 Å². The largest absolute Gasteiger partial charge is 0.367 e. The molecule has 1 aromatic heterocycles. The van der Waals surface area contributed by atoms with Crippen LogP contribution < -0.4 is 5.32 Å². The van der Waals surface area contributed by atoms with Crippen LogP contribution in [-0.4, -0.2) is 15.9 Å². The van der Waals surface area contributed by atoms with E-state index in [-0.39, 0.29) is 17.4 Å². The molecule has 6 nitrogen and oxygen atoms in total. The van der Waals surface area contributed by atoms with Crippen molar-refractivity contribution >= 4 is 11.5 Å². The van der Waals surface area contributed by atoms with Crippen LogP contribution in [0.25, 0.3) is 0 Å². The number of nitriles is 1. The lowest BCUT2D eigenvalue weighted by atomic mass is 10.1. The Morgan fingerprint density at radius 3 is 2.67 bits per heavy atom. The molecule has 1 N–H and O–H groups in total. The molecule has 1 aromatic carbocycles. The van der Waals surface area contributed by atoms with Gasteiger partial charge in [-0.1, -0.05) is 30.3 Å². The highest BCUT2D eigenvalue weighted by Crippen LogP contribution is 2.19. The fourth-order valence-corrected chi connectivity index (χ4v) is 2.03. The molecule has 0 saturated carbocycles. The van der Waals surface area contributed by atoms with Gasteiger partial charge in [0.15, 0.2) is 0 Å². The van der Waals surface area contributed by atoms with Gasteiger partial charge in [-0.15, -0.1) is 0 Å². The Morgan fingerprint density at radius 1 is 1.33 bits per heavy atom. The van der Waals surface area contributed by atoms with Gasteiger partial charge < -0.3 is 5.32 Å². The van der Waals surface area contributed by atoms with Crippen LogP contribution in [0.4, 0.5) is 11.5 Å². The summed E-state index contributed by atoms with van der Waals surface area (Å²) >= 11 is 0. The molecule has 6 heteroatoms. The highest BCUT2D eigenvalue weighted by Gasteiger charge is 2.16. The third kappa shape index (κ3) is 3.76. The van der Waals surface area contributed by atoms with E-state index in [2.05, 4.69) is 10.3 Å². The van der Waals surface area contributed by atoms with E-state index in [1.807, 2.05) is 37.3 Å². The molecule has 1 unspecified atom stereocenters. The molecule has 1 atom stereocenters. The van der Waals surface area contributed by atoms with Crippen molar-refractivity contribution in [1.82, 2.24) is 4.98 Å². The van der Waals surface area contributed by atoms with E-state index >= 15 is 0 Å². The number of anilines is 1. The van der Waals surface area contributed by atoms with Gasteiger partial charge in [-0.25, -0.2) is 4.98 Å². The lowest BCUT2D eigenvalue weighted by Crippen LogP contribution is -2.19. The molecule has 0 fully saturated rings. The zero-order valence-corrected chi connectivity index (χ0v) is 11.5. The molecular formula is C15H14N4O2. The van der Waals surface area contributed by atoms with E-state index < -0.39 is 4.92 Å². The van der Waals surface area contributed by atoms with Crippen molar-refractivity contribution in [3.63, 3.8) is 0 Å². The van der Waals surface area contributed by atoms with Crippen molar-refractivity contribution in [3.8, 4) is 6.07 Å². The molecule has 106 valence electrons. The topological polar surface area (TPSA) is 91.9 Å². The maximum atomic E-state index is 10.7. The predicted octanol–water partition coefficient (Wildman–Crippen LogP) is 2.90. The van der Waals surface area contributed by atoms with E-state index in [9.17, 15) is 10.1 Å². The van der Waals surface area contributed by atoms with Crippen LogP contribution in [0.5, 0.6) is 0 Å². The van der Waals surface area contributed by atoms with Gasteiger partial charge in [-0.05, 0) is 25.0 Å². The quantitative estimate of drug-likeness (QED) is 0.672. The average Bonchev–Trinajstić information content (AvgIpc) is 2.47. The van der Waals surface area contributed by atoms with Crippen molar-refractivity contribution in [3.05, 3.63) is 63.8 Å². The fourth-order valence-electron chi connectivity index (χ4n) is 2.03. The monoisotopic (exact) mass is 282 g/mol. The zero-order valence-electron chi connectivity index (χ0n) is 11.5. The number of benzene rings is 1. The molecule has 0 aliphatic carbocycles. The summed E-state index contributed by atoms with van der Waals surface area (Å²) in [6.07, 6.45) is 0.793. The van der Waals surface area contributed by atoms with Crippen LogP contribution in [0.15, 0.2) is 42.5 Å². The van der Waals surface area contributed by atoms with Gasteiger partial charge in [-0.2, -0.15) is 5.26 Å². The minimum absolute atomic E-state index is 0.0906. The predicted molar refractivity (Wildman–Crippen MR) is 78.8 cm³/mol. The molecule has 0 aliphatic heterocycles. The summed E-state index contributed by atoms with van der Waals surface area (Å²) in [5.41, 5.74) is 0.718. The van der Waals surface area contributed by atoms with Crippen LogP contribution in [0, 0.1) is 21.4 Å². The first kappa shape index (κ1) is 14.5. The normalized spacial score (nSPS) is 11.4. The van der Waals surface area contributed by atoms with Crippen molar-refractivity contribution in [2.24, 2.45) is 0 Å². The smallest absolute Gasteiger partial charge is 0.305 e. The summed E-state index contributed by atoms with van der Waals surface area (Å²) in [5, 5.41) is 22.8. The molecular weight excluding hydrogens is 268 g/mol. The van der Waals surface area contributed by atoms with E-state index in [1.165, 1.54) is 17.7 Å². The van der Waals surface area contributed by atoms with Gasteiger partial charge in [0.1, 0.15) is 11.9 Å². The van der Waals surface area contributed by atoms with Crippen LogP contribution in [0.2, 0.25) is 0 Å². The molecule has 2 aromatic rings. The fraction of sp³-hybridized carbons (Fsp3) is 0.200. The second-order valence-corrected chi connectivity index (χ2v) is 4.67. The molecule has 21 heavy (non-hydrogen) atoms. The number of hydrogen-bond acceptors (Lipinski definition) is 5. The van der Waals surface area contributed by atoms with Gasteiger partial charge in [0.2, 0.25) is 5.69 Å². The summed E-state index contributed by atoms with van der Waals surface area (Å²) in [5.74, 6) is 0.459. The summed E-state index contributed by atoms with van der Waals surface area (Å²) in [6.45, 7) is 1.99. The Balaban J connectivity index is 2.09. The third-order valence-electron chi connectivity index (χ3n) is 2.96. The molecule has 0 bridgehead atoms. The van der Waals surface area contributed by atoms with Crippen molar-refractivity contribution in [2.75, 3.05) is 5.32 Å².